The number of hydrogen-bond acceptors (Lipinski definition) is 4. The second kappa shape index (κ2) is 10.2. The van der Waals surface area contributed by atoms with Gasteiger partial charge in [-0.15, -0.1) is 0 Å². The van der Waals surface area contributed by atoms with E-state index in [2.05, 4.69) is 0 Å². The van der Waals surface area contributed by atoms with Crippen LogP contribution >= 0.6 is 0 Å². The van der Waals surface area contributed by atoms with Gasteiger partial charge in [0.2, 0.25) is 0 Å². The maximum absolute atomic E-state index is 11.3. The van der Waals surface area contributed by atoms with Crippen molar-refractivity contribution in [3.8, 4) is 0 Å². The zero-order valence-corrected chi connectivity index (χ0v) is 12.9. The first kappa shape index (κ1) is 20.7. The molecule has 2 N–H and O–H groups in total. The summed E-state index contributed by atoms with van der Waals surface area (Å²) in [5, 5.41) is 16.6. The third-order valence-corrected chi connectivity index (χ3v) is 2.33. The van der Waals surface area contributed by atoms with Crippen LogP contribution in [0, 0.1) is 11.3 Å². The lowest BCUT2D eigenvalue weighted by molar-refractivity contribution is -0.157. The lowest BCUT2D eigenvalue weighted by atomic mass is 9.97. The van der Waals surface area contributed by atoms with Crippen LogP contribution in [-0.4, -0.2) is 34.7 Å². The van der Waals surface area contributed by atoms with Crippen molar-refractivity contribution in [3.63, 3.8) is 0 Å². The Kier molecular flexibility index (Phi) is 10.6. The minimum Gasteiger partial charge on any atom is -0.481 e. The molecule has 0 spiro atoms. The van der Waals surface area contributed by atoms with Gasteiger partial charge in [0, 0.05) is 6.42 Å². The number of carbonyl (C=O) groups is 3. The Labute approximate surface area is 120 Å². The first-order valence-electron chi connectivity index (χ1n) is 6.68. The number of aliphatic carboxylic acids is 2. The molecule has 6 heteroatoms. The van der Waals surface area contributed by atoms with Gasteiger partial charge >= 0.3 is 17.9 Å². The first-order valence-corrected chi connectivity index (χ1v) is 6.68. The molecule has 6 nitrogen and oxygen atoms in total. The van der Waals surface area contributed by atoms with Gasteiger partial charge < -0.3 is 14.9 Å². The van der Waals surface area contributed by atoms with Crippen LogP contribution in [0.3, 0.4) is 0 Å². The monoisotopic (exact) mass is 290 g/mol. The van der Waals surface area contributed by atoms with Crippen molar-refractivity contribution in [3.05, 3.63) is 0 Å². The second-order valence-electron chi connectivity index (χ2n) is 5.44. The third kappa shape index (κ3) is 11.5. The van der Waals surface area contributed by atoms with E-state index >= 15 is 0 Å². The number of carboxylic acid groups (broad SMARTS) is 2. The summed E-state index contributed by atoms with van der Waals surface area (Å²) in [6.45, 7) is 8.75. The number of ether oxygens (including phenoxy) is 1. The van der Waals surface area contributed by atoms with E-state index in [4.69, 9.17) is 14.9 Å². The van der Waals surface area contributed by atoms with E-state index in [1.54, 1.807) is 27.7 Å². The van der Waals surface area contributed by atoms with E-state index in [-0.39, 0.29) is 12.6 Å². The van der Waals surface area contributed by atoms with Crippen LogP contribution in [0.4, 0.5) is 0 Å². The summed E-state index contributed by atoms with van der Waals surface area (Å²) < 4.78 is 4.90. The first-order chi connectivity index (χ1) is 9.06. The normalized spacial score (nSPS) is 11.8. The van der Waals surface area contributed by atoms with E-state index in [0.29, 0.717) is 12.8 Å². The fourth-order valence-corrected chi connectivity index (χ4v) is 0.970. The van der Waals surface area contributed by atoms with Gasteiger partial charge in [0.1, 0.15) is 6.61 Å². The molecule has 0 saturated heterocycles. The van der Waals surface area contributed by atoms with Gasteiger partial charge in [0.05, 0.1) is 11.3 Å². The van der Waals surface area contributed by atoms with Gasteiger partial charge in [-0.05, 0) is 33.6 Å². The van der Waals surface area contributed by atoms with Crippen molar-refractivity contribution in [2.45, 2.75) is 53.9 Å². The Morgan fingerprint density at radius 2 is 1.60 bits per heavy atom. The number of carboxylic acids is 2. The highest BCUT2D eigenvalue weighted by Gasteiger charge is 2.25. The molecule has 0 bridgehead atoms. The fourth-order valence-electron chi connectivity index (χ4n) is 0.970. The number of carbonyl (C=O) groups excluding carboxylic acids is 1. The SMILES string of the molecule is CCC(COC(=O)C(C)(C)C)C(=O)O.CCCC(=O)O. The fraction of sp³-hybridized carbons (Fsp3) is 0.786. The van der Waals surface area contributed by atoms with Crippen LogP contribution in [0.2, 0.25) is 0 Å². The van der Waals surface area contributed by atoms with Crippen LogP contribution in [0.5, 0.6) is 0 Å². The molecule has 0 heterocycles. The maximum atomic E-state index is 11.3. The second-order valence-corrected chi connectivity index (χ2v) is 5.44. The molecule has 0 fully saturated rings. The molecular formula is C14H26O6. The standard InChI is InChI=1S/C10H18O4.C4H8O2/c1-5-7(8(11)12)6-14-9(13)10(2,3)4;1-2-3-4(5)6/h7H,5-6H2,1-4H3,(H,11,12);2-3H2,1H3,(H,5,6). The minimum absolute atomic E-state index is 0.0397. The molecule has 0 amide bonds. The van der Waals surface area contributed by atoms with Gasteiger partial charge in [-0.3, -0.25) is 14.4 Å². The summed E-state index contributed by atoms with van der Waals surface area (Å²) in [6.07, 6.45) is 1.49. The molecule has 118 valence electrons. The van der Waals surface area contributed by atoms with Crippen LogP contribution in [0.1, 0.15) is 53.9 Å². The molecule has 0 aliphatic rings. The summed E-state index contributed by atoms with van der Waals surface area (Å²) in [4.78, 5) is 31.5. The van der Waals surface area contributed by atoms with E-state index in [1.807, 2.05) is 6.92 Å². The zero-order chi connectivity index (χ0) is 16.3. The third-order valence-electron chi connectivity index (χ3n) is 2.33. The Morgan fingerprint density at radius 1 is 1.10 bits per heavy atom. The maximum Gasteiger partial charge on any atom is 0.311 e. The molecule has 1 unspecified atom stereocenters. The highest BCUT2D eigenvalue weighted by atomic mass is 16.5. The molecule has 0 aromatic heterocycles. The summed E-state index contributed by atoms with van der Waals surface area (Å²) in [5.74, 6) is -2.59. The Morgan fingerprint density at radius 3 is 1.80 bits per heavy atom. The quantitative estimate of drug-likeness (QED) is 0.729. The molecule has 0 rings (SSSR count). The lowest BCUT2D eigenvalue weighted by Gasteiger charge is -2.18. The summed E-state index contributed by atoms with van der Waals surface area (Å²) >= 11 is 0. The number of rotatable bonds is 6. The molecule has 20 heavy (non-hydrogen) atoms. The highest BCUT2D eigenvalue weighted by Crippen LogP contribution is 2.16. The Balaban J connectivity index is 0. The Hall–Kier alpha value is -1.59. The van der Waals surface area contributed by atoms with Crippen LogP contribution in [0.15, 0.2) is 0 Å². The van der Waals surface area contributed by atoms with Crippen molar-refractivity contribution >= 4 is 17.9 Å². The lowest BCUT2D eigenvalue weighted by Crippen LogP contribution is -2.27. The Bertz CT molecular complexity index is 316. The van der Waals surface area contributed by atoms with Gasteiger partial charge in [-0.1, -0.05) is 13.8 Å². The van der Waals surface area contributed by atoms with E-state index in [1.165, 1.54) is 0 Å². The van der Waals surface area contributed by atoms with Crippen LogP contribution < -0.4 is 0 Å². The molecule has 0 aromatic rings. The average molecular weight is 290 g/mol. The highest BCUT2D eigenvalue weighted by molar-refractivity contribution is 5.76. The van der Waals surface area contributed by atoms with E-state index in [0.717, 1.165) is 6.42 Å². The van der Waals surface area contributed by atoms with Crippen molar-refractivity contribution in [2.24, 2.45) is 11.3 Å². The van der Waals surface area contributed by atoms with E-state index < -0.39 is 23.3 Å². The van der Waals surface area contributed by atoms with Crippen molar-refractivity contribution < 1.29 is 29.3 Å². The topological polar surface area (TPSA) is 101 Å². The number of esters is 1. The predicted octanol–water partition coefficient (Wildman–Crippen LogP) is 2.56. The number of hydrogen-bond donors (Lipinski definition) is 2. The smallest absolute Gasteiger partial charge is 0.311 e. The largest absolute Gasteiger partial charge is 0.481 e. The van der Waals surface area contributed by atoms with Crippen molar-refractivity contribution in [1.82, 2.24) is 0 Å². The van der Waals surface area contributed by atoms with Gasteiger partial charge in [-0.25, -0.2) is 0 Å². The molecular weight excluding hydrogens is 264 g/mol. The minimum atomic E-state index is -0.922. The molecule has 0 radical (unpaired) electrons. The van der Waals surface area contributed by atoms with Gasteiger partial charge in [0.25, 0.3) is 0 Å². The van der Waals surface area contributed by atoms with Crippen LogP contribution in [-0.2, 0) is 19.1 Å². The van der Waals surface area contributed by atoms with Crippen LogP contribution in [0.25, 0.3) is 0 Å². The zero-order valence-electron chi connectivity index (χ0n) is 12.9. The van der Waals surface area contributed by atoms with Gasteiger partial charge in [-0.2, -0.15) is 0 Å². The molecule has 0 aliphatic heterocycles. The molecule has 0 aromatic carbocycles. The molecule has 0 aliphatic carbocycles. The van der Waals surface area contributed by atoms with E-state index in [9.17, 15) is 14.4 Å². The average Bonchev–Trinajstić information content (AvgIpc) is 2.28. The summed E-state index contributed by atoms with van der Waals surface area (Å²) in [7, 11) is 0. The van der Waals surface area contributed by atoms with Crippen molar-refractivity contribution in [1.29, 1.82) is 0 Å². The summed E-state index contributed by atoms with van der Waals surface area (Å²) in [5.41, 5.74) is -0.573. The molecule has 0 saturated carbocycles. The van der Waals surface area contributed by atoms with Crippen molar-refractivity contribution in [2.75, 3.05) is 6.61 Å². The van der Waals surface area contributed by atoms with Gasteiger partial charge in [0.15, 0.2) is 0 Å². The summed E-state index contributed by atoms with van der Waals surface area (Å²) in [6, 6.07) is 0. The molecule has 1 atom stereocenters. The predicted molar refractivity (Wildman–Crippen MR) is 74.4 cm³/mol.